The van der Waals surface area contributed by atoms with Crippen LogP contribution < -0.4 is 4.74 Å². The molecule has 100 valence electrons. The number of ether oxygens (including phenoxy) is 1. The van der Waals surface area contributed by atoms with Gasteiger partial charge in [-0.3, -0.25) is 4.79 Å². The van der Waals surface area contributed by atoms with Crippen LogP contribution in [0.3, 0.4) is 0 Å². The van der Waals surface area contributed by atoms with Crippen molar-refractivity contribution >= 4 is 16.8 Å². The summed E-state index contributed by atoms with van der Waals surface area (Å²) < 4.78 is 5.65. The number of carbonyl (C=O) groups is 1. The fraction of sp³-hybridized carbons (Fsp3) is 0.533. The van der Waals surface area contributed by atoms with Crippen LogP contribution >= 0.6 is 11.6 Å². The third-order valence-electron chi connectivity index (χ3n) is 2.93. The molecule has 0 aliphatic carbocycles. The molecule has 0 aliphatic rings. The molecule has 18 heavy (non-hydrogen) atoms. The molecule has 0 atom stereocenters. The van der Waals surface area contributed by atoms with Crippen LogP contribution in [0.1, 0.15) is 54.9 Å². The van der Waals surface area contributed by atoms with Gasteiger partial charge in [0.1, 0.15) is 5.75 Å². The summed E-state index contributed by atoms with van der Waals surface area (Å²) in [7, 11) is 0. The third-order valence-corrected chi connectivity index (χ3v) is 3.13. The molecule has 0 radical (unpaired) electrons. The molecule has 0 fully saturated rings. The highest BCUT2D eigenvalue weighted by Crippen LogP contribution is 2.19. The summed E-state index contributed by atoms with van der Waals surface area (Å²) in [4.78, 5) is 11.1. The minimum Gasteiger partial charge on any atom is -0.494 e. The number of hydrogen-bond acceptors (Lipinski definition) is 2. The van der Waals surface area contributed by atoms with Gasteiger partial charge in [-0.15, -0.1) is 0 Å². The van der Waals surface area contributed by atoms with Gasteiger partial charge in [-0.05, 0) is 48.7 Å². The number of rotatable bonds is 8. The molecule has 0 unspecified atom stereocenters. The summed E-state index contributed by atoms with van der Waals surface area (Å²) in [6, 6.07) is 5.38. The summed E-state index contributed by atoms with van der Waals surface area (Å²) in [6.45, 7) is 4.81. The van der Waals surface area contributed by atoms with Crippen LogP contribution in [0.5, 0.6) is 5.75 Å². The summed E-state index contributed by atoms with van der Waals surface area (Å²) >= 11 is 5.46. The van der Waals surface area contributed by atoms with Gasteiger partial charge in [0.05, 0.1) is 6.61 Å². The molecule has 0 N–H and O–H groups in total. The minimum atomic E-state index is -0.418. The second kappa shape index (κ2) is 8.15. The molecule has 2 nitrogen and oxygen atoms in total. The topological polar surface area (TPSA) is 26.3 Å². The van der Waals surface area contributed by atoms with E-state index in [1.807, 2.05) is 13.0 Å². The van der Waals surface area contributed by atoms with Crippen LogP contribution in [0.4, 0.5) is 0 Å². The smallest absolute Gasteiger partial charge is 0.252 e. The second-order valence-corrected chi connectivity index (χ2v) is 4.86. The molecule has 0 saturated carbocycles. The van der Waals surface area contributed by atoms with Crippen molar-refractivity contribution in [3.63, 3.8) is 0 Å². The molecule has 0 spiro atoms. The second-order valence-electron chi connectivity index (χ2n) is 4.51. The third kappa shape index (κ3) is 5.09. The van der Waals surface area contributed by atoms with Crippen LogP contribution in [-0.4, -0.2) is 11.8 Å². The monoisotopic (exact) mass is 268 g/mol. The highest BCUT2D eigenvalue weighted by molar-refractivity contribution is 6.67. The Hall–Kier alpha value is -1.02. The maximum absolute atomic E-state index is 11.1. The van der Waals surface area contributed by atoms with Crippen molar-refractivity contribution in [2.75, 3.05) is 6.61 Å². The van der Waals surface area contributed by atoms with E-state index in [-0.39, 0.29) is 0 Å². The lowest BCUT2D eigenvalue weighted by molar-refractivity contribution is 0.108. The van der Waals surface area contributed by atoms with E-state index >= 15 is 0 Å². The van der Waals surface area contributed by atoms with Gasteiger partial charge in [0.25, 0.3) is 5.24 Å². The van der Waals surface area contributed by atoms with Gasteiger partial charge in [0.15, 0.2) is 0 Å². The van der Waals surface area contributed by atoms with Gasteiger partial charge in [-0.1, -0.05) is 32.6 Å². The lowest BCUT2D eigenvalue weighted by Crippen LogP contribution is -1.99. The number of carbonyl (C=O) groups excluding carboxylic acids is 1. The highest BCUT2D eigenvalue weighted by atomic mass is 35.5. The van der Waals surface area contributed by atoms with Crippen LogP contribution in [0.2, 0.25) is 0 Å². The fourth-order valence-electron chi connectivity index (χ4n) is 1.84. The van der Waals surface area contributed by atoms with Crippen molar-refractivity contribution in [1.29, 1.82) is 0 Å². The Bertz CT molecular complexity index is 388. The first-order chi connectivity index (χ1) is 8.65. The predicted octanol–water partition coefficient (Wildman–Crippen LogP) is 4.72. The van der Waals surface area contributed by atoms with E-state index in [9.17, 15) is 4.79 Å². The first-order valence-corrected chi connectivity index (χ1v) is 6.96. The molecule has 1 aromatic rings. The van der Waals surface area contributed by atoms with Gasteiger partial charge in [0.2, 0.25) is 0 Å². The number of unbranched alkanes of at least 4 members (excludes halogenated alkanes) is 4. The SMILES string of the molecule is CCCCCCCOc1ccc(C(=O)Cl)c(C)c1. The Labute approximate surface area is 114 Å². The van der Waals surface area contributed by atoms with Gasteiger partial charge < -0.3 is 4.74 Å². The summed E-state index contributed by atoms with van der Waals surface area (Å²) in [5.41, 5.74) is 1.41. The molecular weight excluding hydrogens is 248 g/mol. The normalized spacial score (nSPS) is 10.4. The zero-order valence-corrected chi connectivity index (χ0v) is 11.9. The number of benzene rings is 1. The van der Waals surface area contributed by atoms with E-state index < -0.39 is 5.24 Å². The van der Waals surface area contributed by atoms with Crippen LogP contribution in [-0.2, 0) is 0 Å². The molecule has 1 rings (SSSR count). The number of aryl methyl sites for hydroxylation is 1. The fourth-order valence-corrected chi connectivity index (χ4v) is 2.05. The van der Waals surface area contributed by atoms with Gasteiger partial charge in [-0.25, -0.2) is 0 Å². The maximum Gasteiger partial charge on any atom is 0.252 e. The van der Waals surface area contributed by atoms with Crippen LogP contribution in [0.25, 0.3) is 0 Å². The lowest BCUT2D eigenvalue weighted by atomic mass is 10.1. The van der Waals surface area contributed by atoms with E-state index in [2.05, 4.69) is 6.92 Å². The molecule has 0 bridgehead atoms. The number of hydrogen-bond donors (Lipinski definition) is 0. The van der Waals surface area contributed by atoms with Crippen LogP contribution in [0.15, 0.2) is 18.2 Å². The van der Waals surface area contributed by atoms with Crippen molar-refractivity contribution in [2.24, 2.45) is 0 Å². The first-order valence-electron chi connectivity index (χ1n) is 6.58. The van der Waals surface area contributed by atoms with Gasteiger partial charge >= 0.3 is 0 Å². The molecule has 0 aromatic heterocycles. The summed E-state index contributed by atoms with van der Waals surface area (Å²) in [5, 5.41) is -0.418. The Balaban J connectivity index is 2.35. The molecular formula is C15H21ClO2. The molecule has 0 saturated heterocycles. The average molecular weight is 269 g/mol. The average Bonchev–Trinajstić information content (AvgIpc) is 2.33. The lowest BCUT2D eigenvalue weighted by Gasteiger charge is -2.08. The first kappa shape index (κ1) is 15.0. The Kier molecular flexibility index (Phi) is 6.81. The zero-order chi connectivity index (χ0) is 13.4. The maximum atomic E-state index is 11.1. The van der Waals surface area contributed by atoms with E-state index in [1.165, 1.54) is 25.7 Å². The van der Waals surface area contributed by atoms with Crippen LogP contribution in [0, 0.1) is 6.92 Å². The van der Waals surface area contributed by atoms with E-state index in [1.54, 1.807) is 12.1 Å². The molecule has 0 amide bonds. The predicted molar refractivity (Wildman–Crippen MR) is 75.6 cm³/mol. The molecule has 3 heteroatoms. The summed E-state index contributed by atoms with van der Waals surface area (Å²) in [6.07, 6.45) is 6.12. The summed E-state index contributed by atoms with van der Waals surface area (Å²) in [5.74, 6) is 0.810. The molecule has 1 aromatic carbocycles. The molecule has 0 heterocycles. The van der Waals surface area contributed by atoms with Crippen molar-refractivity contribution in [3.05, 3.63) is 29.3 Å². The van der Waals surface area contributed by atoms with Crippen molar-refractivity contribution in [1.82, 2.24) is 0 Å². The minimum absolute atomic E-state index is 0.418. The van der Waals surface area contributed by atoms with Crippen molar-refractivity contribution < 1.29 is 9.53 Å². The highest BCUT2D eigenvalue weighted by Gasteiger charge is 2.06. The van der Waals surface area contributed by atoms with Gasteiger partial charge in [-0.2, -0.15) is 0 Å². The van der Waals surface area contributed by atoms with Gasteiger partial charge in [0, 0.05) is 5.56 Å². The Morgan fingerprint density at radius 3 is 2.56 bits per heavy atom. The quantitative estimate of drug-likeness (QED) is 0.504. The standard InChI is InChI=1S/C15H21ClO2/c1-3-4-5-6-7-10-18-13-8-9-14(15(16)17)12(2)11-13/h8-9,11H,3-7,10H2,1-2H3. The Morgan fingerprint density at radius 2 is 1.94 bits per heavy atom. The molecule has 0 aliphatic heterocycles. The van der Waals surface area contributed by atoms with E-state index in [0.29, 0.717) is 5.56 Å². The van der Waals surface area contributed by atoms with E-state index in [0.717, 1.165) is 24.3 Å². The largest absolute Gasteiger partial charge is 0.494 e. The number of halogens is 1. The van der Waals surface area contributed by atoms with E-state index in [4.69, 9.17) is 16.3 Å². The zero-order valence-electron chi connectivity index (χ0n) is 11.2. The van der Waals surface area contributed by atoms with Crippen molar-refractivity contribution in [2.45, 2.75) is 46.0 Å². The Morgan fingerprint density at radius 1 is 1.22 bits per heavy atom. The van der Waals surface area contributed by atoms with Crippen molar-refractivity contribution in [3.8, 4) is 5.75 Å².